The number of carbonyl (C=O) groups is 1. The van der Waals surface area contributed by atoms with Gasteiger partial charge in [0.1, 0.15) is 13.2 Å². The highest BCUT2D eigenvalue weighted by atomic mass is 31.2. The minimum atomic E-state index is -4.30. The van der Waals surface area contributed by atoms with E-state index in [0.717, 1.165) is 51.4 Å². The average Bonchev–Trinajstić information content (AvgIpc) is 3.02. The van der Waals surface area contributed by atoms with E-state index in [1.165, 1.54) is 103 Å². The Morgan fingerprint density at radius 2 is 1.12 bits per heavy atom. The molecular weight excluding hydrogens is 623 g/mol. The van der Waals surface area contributed by atoms with Crippen molar-refractivity contribution in [2.24, 2.45) is 0 Å². The number of nitrogens with one attached hydrogen (secondary N) is 1. The molecule has 3 atom stereocenters. The first-order valence-corrected chi connectivity index (χ1v) is 21.5. The molecule has 0 aromatic rings. The summed E-state index contributed by atoms with van der Waals surface area (Å²) in [7, 11) is 1.61. The number of nitrogens with zero attached hydrogens (tertiary/aromatic N) is 1. The van der Waals surface area contributed by atoms with Crippen molar-refractivity contribution in [1.82, 2.24) is 5.32 Å². The Morgan fingerprint density at radius 3 is 1.65 bits per heavy atom. The molecule has 0 aliphatic rings. The number of rotatable bonds is 36. The van der Waals surface area contributed by atoms with Crippen LogP contribution in [0.15, 0.2) is 12.2 Å². The first kappa shape index (κ1) is 47.2. The fourth-order valence-corrected chi connectivity index (χ4v) is 6.48. The molecule has 0 aliphatic carbocycles. The summed E-state index contributed by atoms with van der Waals surface area (Å²) < 4.78 is 23.5. The topological polar surface area (TPSA) is 105 Å². The number of aliphatic hydroxyl groups is 1. The maximum absolute atomic E-state index is 12.8. The number of hydrogen-bond acceptors (Lipinski definition) is 5. The summed E-state index contributed by atoms with van der Waals surface area (Å²) in [5, 5.41) is 13.9. The van der Waals surface area contributed by atoms with Gasteiger partial charge in [0, 0.05) is 6.42 Å². The van der Waals surface area contributed by atoms with Gasteiger partial charge in [0.05, 0.1) is 39.9 Å². The van der Waals surface area contributed by atoms with Crippen LogP contribution in [-0.4, -0.2) is 73.4 Å². The van der Waals surface area contributed by atoms with Crippen molar-refractivity contribution in [3.63, 3.8) is 0 Å². The van der Waals surface area contributed by atoms with Crippen LogP contribution in [0.25, 0.3) is 0 Å². The molecule has 0 saturated heterocycles. The van der Waals surface area contributed by atoms with Gasteiger partial charge in [-0.15, -0.1) is 0 Å². The molecule has 0 rings (SSSR count). The minimum Gasteiger partial charge on any atom is -0.391 e. The number of carbonyl (C=O) groups excluding carboxylic acids is 1. The first-order valence-electron chi connectivity index (χ1n) is 20.1. The predicted octanol–water partition coefficient (Wildman–Crippen LogP) is 10.4. The van der Waals surface area contributed by atoms with Crippen LogP contribution < -0.4 is 5.32 Å². The van der Waals surface area contributed by atoms with Crippen LogP contribution in [0.4, 0.5) is 0 Å². The van der Waals surface area contributed by atoms with E-state index in [1.807, 2.05) is 21.1 Å². The van der Waals surface area contributed by atoms with Gasteiger partial charge in [0.15, 0.2) is 0 Å². The Balaban J connectivity index is 4.45. The summed E-state index contributed by atoms with van der Waals surface area (Å²) in [6, 6.07) is -0.758. The van der Waals surface area contributed by atoms with Gasteiger partial charge in [-0.05, 0) is 38.5 Å². The standard InChI is InChI=1S/C39H79N2O6P/c1-6-8-10-12-14-16-18-20-21-22-24-26-28-30-32-38(42)37(36-47-48(44,45)46-35-34-41(3,4)5)40-39(43)33-31-29-27-25-23-19-17-15-13-11-9-7-2/h15,17,37-38,42H,6-14,16,18-36H2,1-5H3,(H-,40,43,44,45)/p+1/b17-15-. The Morgan fingerprint density at radius 1 is 0.688 bits per heavy atom. The molecule has 8 nitrogen and oxygen atoms in total. The van der Waals surface area contributed by atoms with Crippen LogP contribution in [0, 0.1) is 0 Å². The zero-order valence-electron chi connectivity index (χ0n) is 32.2. The zero-order valence-corrected chi connectivity index (χ0v) is 33.1. The summed E-state index contributed by atoms with van der Waals surface area (Å²) in [5.74, 6) is -0.155. The van der Waals surface area contributed by atoms with Crippen molar-refractivity contribution in [1.29, 1.82) is 0 Å². The molecular formula is C39H80N2O6P+. The van der Waals surface area contributed by atoms with E-state index in [4.69, 9.17) is 9.05 Å². The van der Waals surface area contributed by atoms with Crippen LogP contribution in [0.5, 0.6) is 0 Å². The molecule has 286 valence electrons. The van der Waals surface area contributed by atoms with E-state index in [2.05, 4.69) is 31.3 Å². The lowest BCUT2D eigenvalue weighted by atomic mass is 10.0. The molecule has 9 heteroatoms. The molecule has 3 N–H and O–H groups in total. The van der Waals surface area contributed by atoms with Gasteiger partial charge in [-0.1, -0.05) is 148 Å². The van der Waals surface area contributed by atoms with Gasteiger partial charge in [-0.2, -0.15) is 0 Å². The molecule has 3 unspecified atom stereocenters. The number of quaternary nitrogens is 1. The van der Waals surface area contributed by atoms with Crippen LogP contribution >= 0.6 is 7.82 Å². The molecule has 48 heavy (non-hydrogen) atoms. The Hall–Kier alpha value is -0.760. The van der Waals surface area contributed by atoms with Gasteiger partial charge < -0.3 is 19.8 Å². The number of allylic oxidation sites excluding steroid dienone is 2. The first-order chi connectivity index (χ1) is 23.0. The molecule has 0 fully saturated rings. The average molecular weight is 704 g/mol. The van der Waals surface area contributed by atoms with Crippen LogP contribution in [-0.2, 0) is 18.4 Å². The molecule has 1 amide bonds. The van der Waals surface area contributed by atoms with Gasteiger partial charge in [-0.25, -0.2) is 4.57 Å². The Bertz CT molecular complexity index is 804. The highest BCUT2D eigenvalue weighted by Crippen LogP contribution is 2.43. The van der Waals surface area contributed by atoms with Crippen molar-refractivity contribution >= 4 is 13.7 Å². The normalized spacial score (nSPS) is 14.7. The largest absolute Gasteiger partial charge is 0.472 e. The van der Waals surface area contributed by atoms with E-state index in [9.17, 15) is 19.4 Å². The fraction of sp³-hybridized carbons (Fsp3) is 0.923. The van der Waals surface area contributed by atoms with Gasteiger partial charge in [-0.3, -0.25) is 13.8 Å². The van der Waals surface area contributed by atoms with E-state index >= 15 is 0 Å². The zero-order chi connectivity index (χ0) is 35.8. The number of unbranched alkanes of at least 4 members (excludes halogenated alkanes) is 21. The van der Waals surface area contributed by atoms with Crippen molar-refractivity contribution in [3.05, 3.63) is 12.2 Å². The second-order valence-corrected chi connectivity index (χ2v) is 16.5. The number of phosphoric ester groups is 1. The summed E-state index contributed by atoms with van der Waals surface area (Å²) in [6.07, 6.45) is 33.7. The van der Waals surface area contributed by atoms with Crippen LogP contribution in [0.3, 0.4) is 0 Å². The third kappa shape index (κ3) is 33.7. The lowest BCUT2D eigenvalue weighted by molar-refractivity contribution is -0.870. The molecule has 0 aliphatic heterocycles. The Kier molecular flexibility index (Phi) is 31.7. The maximum atomic E-state index is 12.8. The highest BCUT2D eigenvalue weighted by Gasteiger charge is 2.28. The molecule has 0 heterocycles. The quantitative estimate of drug-likeness (QED) is 0.0260. The summed E-state index contributed by atoms with van der Waals surface area (Å²) >= 11 is 0. The molecule has 0 saturated carbocycles. The lowest BCUT2D eigenvalue weighted by Crippen LogP contribution is -2.46. The maximum Gasteiger partial charge on any atom is 0.472 e. The number of amides is 1. The molecule has 0 bridgehead atoms. The van der Waals surface area contributed by atoms with E-state index in [0.29, 0.717) is 23.9 Å². The van der Waals surface area contributed by atoms with Crippen LogP contribution in [0.2, 0.25) is 0 Å². The van der Waals surface area contributed by atoms with E-state index in [-0.39, 0.29) is 19.1 Å². The second kappa shape index (κ2) is 32.2. The van der Waals surface area contributed by atoms with Crippen molar-refractivity contribution < 1.29 is 32.9 Å². The minimum absolute atomic E-state index is 0.0746. The number of likely N-dealkylation sites (N-methyl/N-ethyl adjacent to an activating group) is 1. The monoisotopic (exact) mass is 704 g/mol. The van der Waals surface area contributed by atoms with Gasteiger partial charge in [0.25, 0.3) is 0 Å². The van der Waals surface area contributed by atoms with E-state index in [1.54, 1.807) is 0 Å². The number of aliphatic hydroxyl groups excluding tert-OH is 1. The smallest absolute Gasteiger partial charge is 0.391 e. The molecule has 0 spiro atoms. The van der Waals surface area contributed by atoms with Gasteiger partial charge in [0.2, 0.25) is 5.91 Å². The molecule has 0 aromatic carbocycles. The number of phosphoric acid groups is 1. The van der Waals surface area contributed by atoms with Crippen molar-refractivity contribution in [2.45, 2.75) is 193 Å². The highest BCUT2D eigenvalue weighted by molar-refractivity contribution is 7.47. The molecule has 0 radical (unpaired) electrons. The SMILES string of the molecule is CCCCC/C=C\CCCCCCCC(=O)NC(COP(=O)(O)OCC[N+](C)(C)C)C(O)CCCCCCCCCCCCCCCC. The summed E-state index contributed by atoms with van der Waals surface area (Å²) in [4.78, 5) is 23.0. The van der Waals surface area contributed by atoms with Crippen LogP contribution in [0.1, 0.15) is 181 Å². The third-order valence-electron chi connectivity index (χ3n) is 9.01. The summed E-state index contributed by atoms with van der Waals surface area (Å²) in [5.41, 5.74) is 0. The predicted molar refractivity (Wildman–Crippen MR) is 203 cm³/mol. The fourth-order valence-electron chi connectivity index (χ4n) is 5.74. The summed E-state index contributed by atoms with van der Waals surface area (Å²) in [6.45, 7) is 4.84. The van der Waals surface area contributed by atoms with Crippen molar-refractivity contribution in [2.75, 3.05) is 40.9 Å². The Labute approximate surface area is 297 Å². The van der Waals surface area contributed by atoms with Crippen molar-refractivity contribution in [3.8, 4) is 0 Å². The van der Waals surface area contributed by atoms with Gasteiger partial charge >= 0.3 is 7.82 Å². The third-order valence-corrected chi connectivity index (χ3v) is 10.00. The number of hydrogen-bond donors (Lipinski definition) is 3. The second-order valence-electron chi connectivity index (χ2n) is 15.0. The molecule has 0 aromatic heterocycles. The van der Waals surface area contributed by atoms with E-state index < -0.39 is 20.0 Å². The lowest BCUT2D eigenvalue weighted by Gasteiger charge is -2.26.